The minimum atomic E-state index is -0.781. The number of nitro benzene ring substituents is 2. The number of hydrogen-bond donors (Lipinski definition) is 1. The monoisotopic (exact) mass is 425 g/mol. The first-order valence-electron chi connectivity index (χ1n) is 9.20. The number of aromatic nitrogens is 2. The summed E-state index contributed by atoms with van der Waals surface area (Å²) >= 11 is 0. The van der Waals surface area contributed by atoms with Crippen molar-refractivity contribution in [3.8, 4) is 11.5 Å². The van der Waals surface area contributed by atoms with Gasteiger partial charge >= 0.3 is 5.97 Å². The SMILES string of the molecule is O=C(OCc1nnc(-c2ccc([N+](=O)[O-])cc2)o1)c1ccc(NC2CC2)c([N+](=O)[O-])c1. The topological polar surface area (TPSA) is 164 Å². The molecule has 31 heavy (non-hydrogen) atoms. The fourth-order valence-corrected chi connectivity index (χ4v) is 2.74. The predicted octanol–water partition coefficient (Wildman–Crippen LogP) is 3.48. The molecule has 0 amide bonds. The molecule has 1 fully saturated rings. The van der Waals surface area contributed by atoms with Crippen LogP contribution in [0, 0.1) is 20.2 Å². The summed E-state index contributed by atoms with van der Waals surface area (Å²) in [5, 5.41) is 32.7. The first kappa shape index (κ1) is 19.9. The second-order valence-electron chi connectivity index (χ2n) is 6.79. The molecule has 2 aromatic carbocycles. The van der Waals surface area contributed by atoms with Gasteiger partial charge in [-0.25, -0.2) is 4.79 Å². The molecule has 1 N–H and O–H groups in total. The Morgan fingerprint density at radius 1 is 1.10 bits per heavy atom. The maximum atomic E-state index is 12.3. The van der Waals surface area contributed by atoms with Gasteiger partial charge in [0.2, 0.25) is 5.89 Å². The molecule has 3 aromatic rings. The Morgan fingerprint density at radius 2 is 1.84 bits per heavy atom. The molecule has 1 aliphatic carbocycles. The molecule has 0 spiro atoms. The fourth-order valence-electron chi connectivity index (χ4n) is 2.74. The smallest absolute Gasteiger partial charge is 0.338 e. The normalized spacial score (nSPS) is 12.9. The van der Waals surface area contributed by atoms with Crippen LogP contribution in [0.2, 0.25) is 0 Å². The second-order valence-corrected chi connectivity index (χ2v) is 6.79. The molecule has 12 nitrogen and oxygen atoms in total. The highest BCUT2D eigenvalue weighted by Gasteiger charge is 2.26. The zero-order chi connectivity index (χ0) is 22.0. The van der Waals surface area contributed by atoms with Crippen molar-refractivity contribution in [2.24, 2.45) is 0 Å². The molecule has 0 aliphatic heterocycles. The number of hydrogen-bond acceptors (Lipinski definition) is 10. The highest BCUT2D eigenvalue weighted by molar-refractivity contribution is 5.91. The lowest BCUT2D eigenvalue weighted by Gasteiger charge is -2.07. The minimum Gasteiger partial charge on any atom is -0.452 e. The Hall–Kier alpha value is -4.35. The molecule has 0 unspecified atom stereocenters. The Bertz CT molecular complexity index is 1150. The molecule has 0 atom stereocenters. The lowest BCUT2D eigenvalue weighted by molar-refractivity contribution is -0.384. The van der Waals surface area contributed by atoms with E-state index in [1.54, 1.807) is 0 Å². The second kappa shape index (κ2) is 8.18. The highest BCUT2D eigenvalue weighted by Crippen LogP contribution is 2.31. The van der Waals surface area contributed by atoms with Crippen LogP contribution in [0.25, 0.3) is 11.5 Å². The van der Waals surface area contributed by atoms with E-state index in [2.05, 4.69) is 15.5 Å². The number of nitrogens with zero attached hydrogens (tertiary/aromatic N) is 4. The average molecular weight is 425 g/mol. The highest BCUT2D eigenvalue weighted by atomic mass is 16.6. The molecule has 0 radical (unpaired) electrons. The van der Waals surface area contributed by atoms with Gasteiger partial charge in [-0.2, -0.15) is 0 Å². The van der Waals surface area contributed by atoms with Crippen molar-refractivity contribution >= 4 is 23.0 Å². The molecule has 1 aromatic heterocycles. The molecule has 1 aliphatic rings. The summed E-state index contributed by atoms with van der Waals surface area (Å²) in [6.07, 6.45) is 1.90. The van der Waals surface area contributed by atoms with Crippen molar-refractivity contribution in [3.63, 3.8) is 0 Å². The van der Waals surface area contributed by atoms with Gasteiger partial charge in [-0.3, -0.25) is 20.2 Å². The van der Waals surface area contributed by atoms with Gasteiger partial charge in [0.1, 0.15) is 5.69 Å². The molecule has 4 rings (SSSR count). The summed E-state index contributed by atoms with van der Waals surface area (Å²) in [4.78, 5) is 33.2. The number of esters is 1. The molecule has 0 bridgehead atoms. The largest absolute Gasteiger partial charge is 0.452 e. The van der Waals surface area contributed by atoms with Gasteiger partial charge in [0.05, 0.1) is 15.4 Å². The number of anilines is 1. The van der Waals surface area contributed by atoms with Crippen LogP contribution < -0.4 is 5.32 Å². The molecular formula is C19H15N5O7. The molecule has 12 heteroatoms. The van der Waals surface area contributed by atoms with E-state index in [1.807, 2.05) is 0 Å². The average Bonchev–Trinajstić information content (AvgIpc) is 3.45. The van der Waals surface area contributed by atoms with E-state index in [0.29, 0.717) is 11.3 Å². The van der Waals surface area contributed by atoms with Crippen molar-refractivity contribution in [3.05, 3.63) is 74.1 Å². The summed E-state index contributed by atoms with van der Waals surface area (Å²) in [6.45, 7) is -0.339. The van der Waals surface area contributed by atoms with Crippen LogP contribution >= 0.6 is 0 Å². The Morgan fingerprint density at radius 3 is 2.48 bits per heavy atom. The summed E-state index contributed by atoms with van der Waals surface area (Å²) in [6, 6.07) is 9.81. The summed E-state index contributed by atoms with van der Waals surface area (Å²) in [5.74, 6) is -0.675. The van der Waals surface area contributed by atoms with Crippen molar-refractivity contribution in [1.29, 1.82) is 0 Å². The van der Waals surface area contributed by atoms with Gasteiger partial charge in [-0.1, -0.05) is 0 Å². The summed E-state index contributed by atoms with van der Waals surface area (Å²) in [7, 11) is 0. The minimum absolute atomic E-state index is 0.00298. The summed E-state index contributed by atoms with van der Waals surface area (Å²) < 4.78 is 10.5. The number of benzene rings is 2. The first-order chi connectivity index (χ1) is 14.9. The number of ether oxygens (including phenoxy) is 1. The third kappa shape index (κ3) is 4.63. The summed E-state index contributed by atoms with van der Waals surface area (Å²) in [5.41, 5.74) is 0.548. The van der Waals surface area contributed by atoms with Crippen molar-refractivity contribution in [2.75, 3.05) is 5.32 Å². The molecule has 158 valence electrons. The van der Waals surface area contributed by atoms with E-state index >= 15 is 0 Å². The van der Waals surface area contributed by atoms with E-state index in [0.717, 1.165) is 18.9 Å². The quantitative estimate of drug-likeness (QED) is 0.321. The molecule has 1 heterocycles. The van der Waals surface area contributed by atoms with Gasteiger partial charge in [0.15, 0.2) is 6.61 Å². The van der Waals surface area contributed by atoms with Crippen molar-refractivity contribution < 1.29 is 23.8 Å². The number of carbonyl (C=O) groups is 1. The van der Waals surface area contributed by atoms with E-state index in [4.69, 9.17) is 9.15 Å². The van der Waals surface area contributed by atoms with Crippen molar-refractivity contribution in [2.45, 2.75) is 25.5 Å². The van der Waals surface area contributed by atoms with Crippen molar-refractivity contribution in [1.82, 2.24) is 10.2 Å². The third-order valence-corrected chi connectivity index (χ3v) is 4.49. The van der Waals surface area contributed by atoms with Crippen LogP contribution in [0.4, 0.5) is 17.1 Å². The van der Waals surface area contributed by atoms with Crippen LogP contribution in [0.5, 0.6) is 0 Å². The number of rotatable bonds is 8. The van der Waals surface area contributed by atoms with Gasteiger partial charge < -0.3 is 14.5 Å². The Balaban J connectivity index is 1.41. The number of nitrogens with one attached hydrogen (secondary N) is 1. The van der Waals surface area contributed by atoms with E-state index in [1.165, 1.54) is 36.4 Å². The van der Waals surface area contributed by atoms with Crippen LogP contribution in [-0.2, 0) is 11.3 Å². The standard InChI is InChI=1S/C19H15N5O7/c25-19(12-3-8-15(20-13-4-5-13)16(9-12)24(28)29)30-10-17-21-22-18(31-17)11-1-6-14(7-2-11)23(26)27/h1-3,6-9,13,20H,4-5,10H2. The number of nitro groups is 2. The maximum Gasteiger partial charge on any atom is 0.338 e. The molecule has 1 saturated carbocycles. The van der Waals surface area contributed by atoms with Crippen LogP contribution in [-0.4, -0.2) is 32.1 Å². The zero-order valence-electron chi connectivity index (χ0n) is 15.9. The molecule has 0 saturated heterocycles. The first-order valence-corrected chi connectivity index (χ1v) is 9.20. The van der Waals surface area contributed by atoms with Crippen LogP contribution in [0.3, 0.4) is 0 Å². The Kier molecular flexibility index (Phi) is 5.26. The fraction of sp³-hybridized carbons (Fsp3) is 0.211. The number of carbonyl (C=O) groups excluding carboxylic acids is 1. The van der Waals surface area contributed by atoms with E-state index in [-0.39, 0.29) is 41.4 Å². The van der Waals surface area contributed by atoms with Gasteiger partial charge in [-0.05, 0) is 37.1 Å². The lowest BCUT2D eigenvalue weighted by atomic mass is 10.1. The van der Waals surface area contributed by atoms with Gasteiger partial charge in [0.25, 0.3) is 17.3 Å². The lowest BCUT2D eigenvalue weighted by Crippen LogP contribution is -2.08. The predicted molar refractivity (Wildman–Crippen MR) is 105 cm³/mol. The van der Waals surface area contributed by atoms with Gasteiger partial charge in [-0.15, -0.1) is 10.2 Å². The van der Waals surface area contributed by atoms with E-state index in [9.17, 15) is 25.0 Å². The third-order valence-electron chi connectivity index (χ3n) is 4.49. The van der Waals surface area contributed by atoms with Crippen LogP contribution in [0.15, 0.2) is 46.9 Å². The van der Waals surface area contributed by atoms with Crippen LogP contribution in [0.1, 0.15) is 29.1 Å². The maximum absolute atomic E-state index is 12.3. The van der Waals surface area contributed by atoms with E-state index < -0.39 is 15.8 Å². The number of non-ortho nitro benzene ring substituents is 1. The molecular weight excluding hydrogens is 410 g/mol. The van der Waals surface area contributed by atoms with Gasteiger partial charge in [0, 0.05) is 29.8 Å². The Labute approximate surface area is 174 Å². The zero-order valence-corrected chi connectivity index (χ0v) is 15.9.